The van der Waals surface area contributed by atoms with Crippen LogP contribution in [-0.2, 0) is 28.7 Å². The van der Waals surface area contributed by atoms with Gasteiger partial charge in [0.25, 0.3) is 11.5 Å². The number of nitrogens with zero attached hydrogens (tertiary/aromatic N) is 2. The molecule has 0 atom stereocenters. The van der Waals surface area contributed by atoms with Gasteiger partial charge in [0.05, 0.1) is 10.8 Å². The number of hydrogen-bond donors (Lipinski definition) is 3. The molecule has 1 aromatic heterocycles. The summed E-state index contributed by atoms with van der Waals surface area (Å²) in [5, 5.41) is 12.7. The first-order valence-corrected chi connectivity index (χ1v) is 13.5. The molecule has 1 aromatic carbocycles. The van der Waals surface area contributed by atoms with Crippen LogP contribution in [0.25, 0.3) is 0 Å². The fraction of sp³-hybridized carbons (Fsp3) is 0.542. The lowest BCUT2D eigenvalue weighted by atomic mass is 9.81. The van der Waals surface area contributed by atoms with E-state index < -0.39 is 43.7 Å². The predicted molar refractivity (Wildman–Crippen MR) is 128 cm³/mol. The first-order valence-electron chi connectivity index (χ1n) is 12.0. The van der Waals surface area contributed by atoms with Gasteiger partial charge in [-0.2, -0.15) is 0 Å². The number of rotatable bonds is 8. The molecule has 11 heteroatoms. The van der Waals surface area contributed by atoms with Crippen LogP contribution in [0.5, 0.6) is 5.75 Å². The second-order valence-corrected chi connectivity index (χ2v) is 11.4. The number of carbonyl (C=O) groups is 1. The third-order valence-electron chi connectivity index (χ3n) is 6.79. The van der Waals surface area contributed by atoms with Crippen molar-refractivity contribution in [2.75, 3.05) is 0 Å². The Kier molecular flexibility index (Phi) is 7.01. The number of aryl methyl sites for hydroxylation is 1. The zero-order valence-electron chi connectivity index (χ0n) is 19.9. The van der Waals surface area contributed by atoms with Crippen LogP contribution in [0.3, 0.4) is 0 Å². The van der Waals surface area contributed by atoms with Gasteiger partial charge in [0.15, 0.2) is 5.69 Å². The van der Waals surface area contributed by atoms with Crippen molar-refractivity contribution in [3.05, 3.63) is 57.0 Å². The maximum atomic E-state index is 13.5. The molecule has 2 aliphatic rings. The number of benzene rings is 1. The molecule has 3 N–H and O–H groups in total. The van der Waals surface area contributed by atoms with Crippen LogP contribution in [0.1, 0.15) is 79.3 Å². The number of nitrogens with one attached hydrogen (secondary N) is 2. The molecule has 0 aliphatic heterocycles. The molecule has 190 valence electrons. The number of amides is 1. The summed E-state index contributed by atoms with van der Waals surface area (Å²) in [6.45, 7) is 3.50. The zero-order chi connectivity index (χ0) is 25.4. The molecule has 35 heavy (non-hydrogen) atoms. The standard InChI is InChI=1S/C24H31FN4O5S/c1-3-29-22(32)20(30)19(21(31)26-14-16-7-10-18(25)15(2)13-16)27-23(29)24(11-5-4-6-12-24)28-35(33,34)17-8-9-17/h7,10,13,17,28,30H,3-6,8-9,11-12,14H2,1-2H3,(H,26,31). The van der Waals surface area contributed by atoms with Gasteiger partial charge in [-0.15, -0.1) is 0 Å². The van der Waals surface area contributed by atoms with Crippen molar-refractivity contribution in [3.8, 4) is 5.75 Å². The topological polar surface area (TPSA) is 130 Å². The highest BCUT2D eigenvalue weighted by Crippen LogP contribution is 2.39. The molecule has 0 unspecified atom stereocenters. The zero-order valence-corrected chi connectivity index (χ0v) is 20.8. The summed E-state index contributed by atoms with van der Waals surface area (Å²) in [6, 6.07) is 4.42. The molecular formula is C24H31FN4O5S. The summed E-state index contributed by atoms with van der Waals surface area (Å²) < 4.78 is 43.5. The number of hydrogen-bond acceptors (Lipinski definition) is 6. The van der Waals surface area contributed by atoms with E-state index in [1.165, 1.54) is 16.7 Å². The molecule has 0 spiro atoms. The van der Waals surface area contributed by atoms with E-state index in [0.29, 0.717) is 36.8 Å². The third-order valence-corrected chi connectivity index (χ3v) is 8.81. The van der Waals surface area contributed by atoms with Crippen LogP contribution in [0.2, 0.25) is 0 Å². The van der Waals surface area contributed by atoms with Crippen LogP contribution >= 0.6 is 0 Å². The van der Waals surface area contributed by atoms with Gasteiger partial charge in [-0.05, 0) is 56.7 Å². The summed E-state index contributed by atoms with van der Waals surface area (Å²) >= 11 is 0. The average Bonchev–Trinajstić information content (AvgIpc) is 3.68. The number of aromatic nitrogens is 2. The van der Waals surface area contributed by atoms with Crippen LogP contribution in [-0.4, -0.2) is 34.2 Å². The fourth-order valence-corrected chi connectivity index (χ4v) is 6.47. The average molecular weight is 507 g/mol. The van der Waals surface area contributed by atoms with Gasteiger partial charge in [0.1, 0.15) is 11.6 Å². The Bertz CT molecular complexity index is 1300. The normalized spacial score (nSPS) is 17.8. The van der Waals surface area contributed by atoms with Crippen LogP contribution < -0.4 is 15.6 Å². The minimum Gasteiger partial charge on any atom is -0.501 e. The van der Waals surface area contributed by atoms with Crippen LogP contribution in [0.15, 0.2) is 23.0 Å². The van der Waals surface area contributed by atoms with Crippen molar-refractivity contribution in [2.24, 2.45) is 0 Å². The largest absolute Gasteiger partial charge is 0.501 e. The molecule has 1 heterocycles. The highest BCUT2D eigenvalue weighted by Gasteiger charge is 2.46. The van der Waals surface area contributed by atoms with Crippen molar-refractivity contribution >= 4 is 15.9 Å². The Balaban J connectivity index is 1.72. The molecule has 2 saturated carbocycles. The Morgan fingerprint density at radius 3 is 2.54 bits per heavy atom. The second kappa shape index (κ2) is 9.69. The van der Waals surface area contributed by atoms with Gasteiger partial charge in [-0.25, -0.2) is 22.5 Å². The minimum absolute atomic E-state index is 0.0344. The quantitative estimate of drug-likeness (QED) is 0.505. The number of aromatic hydroxyl groups is 1. The summed E-state index contributed by atoms with van der Waals surface area (Å²) in [5.41, 5.74) is -1.32. The van der Waals surface area contributed by atoms with Gasteiger partial charge < -0.3 is 10.4 Å². The van der Waals surface area contributed by atoms with E-state index >= 15 is 0 Å². The first-order chi connectivity index (χ1) is 16.6. The highest BCUT2D eigenvalue weighted by atomic mass is 32.2. The Morgan fingerprint density at radius 2 is 1.94 bits per heavy atom. The van der Waals surface area contributed by atoms with Crippen molar-refractivity contribution in [2.45, 2.75) is 82.7 Å². The van der Waals surface area contributed by atoms with E-state index in [9.17, 15) is 27.5 Å². The first kappa shape index (κ1) is 25.3. The molecule has 9 nitrogen and oxygen atoms in total. The van der Waals surface area contributed by atoms with E-state index in [-0.39, 0.29) is 24.7 Å². The highest BCUT2D eigenvalue weighted by molar-refractivity contribution is 7.90. The number of sulfonamides is 1. The lowest BCUT2D eigenvalue weighted by Crippen LogP contribution is -2.52. The predicted octanol–water partition coefficient (Wildman–Crippen LogP) is 2.59. The summed E-state index contributed by atoms with van der Waals surface area (Å²) in [4.78, 5) is 30.5. The SMILES string of the molecule is CCn1c(C2(NS(=O)(=O)C3CC3)CCCCC2)nc(C(=O)NCc2ccc(F)c(C)c2)c(O)c1=O. The lowest BCUT2D eigenvalue weighted by Gasteiger charge is -2.38. The maximum absolute atomic E-state index is 13.5. The van der Waals surface area contributed by atoms with Gasteiger partial charge >= 0.3 is 0 Å². The van der Waals surface area contributed by atoms with Crippen molar-refractivity contribution < 1.29 is 22.7 Å². The lowest BCUT2D eigenvalue weighted by molar-refractivity contribution is 0.0940. The molecule has 2 aliphatic carbocycles. The molecule has 2 fully saturated rings. The monoisotopic (exact) mass is 506 g/mol. The Hall–Kier alpha value is -2.79. The van der Waals surface area contributed by atoms with Gasteiger partial charge in [0.2, 0.25) is 15.8 Å². The van der Waals surface area contributed by atoms with Gasteiger partial charge in [-0.1, -0.05) is 31.4 Å². The van der Waals surface area contributed by atoms with E-state index in [1.54, 1.807) is 19.9 Å². The van der Waals surface area contributed by atoms with Gasteiger partial charge in [-0.3, -0.25) is 14.2 Å². The third kappa shape index (κ3) is 5.11. The molecule has 0 radical (unpaired) electrons. The smallest absolute Gasteiger partial charge is 0.296 e. The van der Waals surface area contributed by atoms with Gasteiger partial charge in [0, 0.05) is 13.1 Å². The molecule has 0 saturated heterocycles. The van der Waals surface area contributed by atoms with E-state index in [1.807, 2.05) is 0 Å². The second-order valence-electron chi connectivity index (χ2n) is 9.44. The Labute approximate surface area is 203 Å². The summed E-state index contributed by atoms with van der Waals surface area (Å²) in [5.74, 6) is -1.78. The number of carbonyl (C=O) groups excluding carboxylic acids is 1. The number of halogens is 1. The minimum atomic E-state index is -3.63. The molecule has 1 amide bonds. The van der Waals surface area contributed by atoms with E-state index in [0.717, 1.165) is 19.3 Å². The van der Waals surface area contributed by atoms with E-state index in [2.05, 4.69) is 15.0 Å². The van der Waals surface area contributed by atoms with Crippen LogP contribution in [0, 0.1) is 12.7 Å². The molecule has 2 aromatic rings. The Morgan fingerprint density at radius 1 is 1.26 bits per heavy atom. The van der Waals surface area contributed by atoms with Crippen molar-refractivity contribution in [3.63, 3.8) is 0 Å². The van der Waals surface area contributed by atoms with Crippen molar-refractivity contribution in [1.82, 2.24) is 19.6 Å². The fourth-order valence-electron chi connectivity index (χ4n) is 4.70. The van der Waals surface area contributed by atoms with Crippen LogP contribution in [0.4, 0.5) is 4.39 Å². The summed E-state index contributed by atoms with van der Waals surface area (Å²) in [7, 11) is -3.63. The molecular weight excluding hydrogens is 475 g/mol. The van der Waals surface area contributed by atoms with Crippen molar-refractivity contribution in [1.29, 1.82) is 0 Å². The molecule has 0 bridgehead atoms. The maximum Gasteiger partial charge on any atom is 0.296 e. The molecule has 4 rings (SSSR count). The van der Waals surface area contributed by atoms with E-state index in [4.69, 9.17) is 0 Å². The summed E-state index contributed by atoms with van der Waals surface area (Å²) in [6.07, 6.45) is 4.44.